The van der Waals surface area contributed by atoms with Gasteiger partial charge in [-0.15, -0.1) is 0 Å². The van der Waals surface area contributed by atoms with Gasteiger partial charge in [0.25, 0.3) is 0 Å². The molecule has 2 aromatic rings. The minimum atomic E-state index is 0.546. The van der Waals surface area contributed by atoms with Gasteiger partial charge in [-0.25, -0.2) is 9.97 Å². The maximum absolute atomic E-state index is 6.15. The molecule has 0 unspecified atom stereocenters. The molecule has 1 heterocycles. The Balaban J connectivity index is 2.07. The number of hydrogen-bond acceptors (Lipinski definition) is 3. The van der Waals surface area contributed by atoms with Crippen LogP contribution in [-0.4, -0.2) is 9.97 Å². The zero-order valence-corrected chi connectivity index (χ0v) is 13.6. The van der Waals surface area contributed by atoms with E-state index in [1.165, 1.54) is 17.5 Å². The summed E-state index contributed by atoms with van der Waals surface area (Å²) in [4.78, 5) is 8.37. The fourth-order valence-electron chi connectivity index (χ4n) is 2.22. The van der Waals surface area contributed by atoms with Gasteiger partial charge in [0.2, 0.25) is 0 Å². The molecule has 0 aliphatic rings. The maximum Gasteiger partial charge on any atom is 0.137 e. The van der Waals surface area contributed by atoms with Gasteiger partial charge < -0.3 is 5.32 Å². The van der Waals surface area contributed by atoms with E-state index in [0.717, 1.165) is 30.8 Å². The third-order valence-corrected chi connectivity index (χ3v) is 3.82. The molecule has 1 N–H and O–H groups in total. The van der Waals surface area contributed by atoms with Crippen LogP contribution in [0.3, 0.4) is 0 Å². The summed E-state index contributed by atoms with van der Waals surface area (Å²) in [5, 5.41) is 3.91. The summed E-state index contributed by atoms with van der Waals surface area (Å²) < 4.78 is 0. The molecule has 1 aromatic heterocycles. The Labute approximate surface area is 131 Å². The fraction of sp³-hybridized carbons (Fsp3) is 0.412. The van der Waals surface area contributed by atoms with Gasteiger partial charge in [-0.3, -0.25) is 0 Å². The minimum absolute atomic E-state index is 0.546. The van der Waals surface area contributed by atoms with E-state index in [1.807, 2.05) is 0 Å². The molecule has 21 heavy (non-hydrogen) atoms. The SMILES string of the molecule is CCCc1c(Cl)ncnc1NCc1ccc(C(C)C)cc1. The Bertz CT molecular complexity index is 579. The number of rotatable bonds is 6. The predicted octanol–water partition coefficient (Wildman–Crippen LogP) is 4.82. The van der Waals surface area contributed by atoms with Gasteiger partial charge in [0.15, 0.2) is 0 Å². The van der Waals surface area contributed by atoms with Crippen LogP contribution >= 0.6 is 11.6 Å². The zero-order valence-electron chi connectivity index (χ0n) is 12.9. The van der Waals surface area contributed by atoms with Crippen LogP contribution in [0.5, 0.6) is 0 Å². The van der Waals surface area contributed by atoms with Gasteiger partial charge in [-0.2, -0.15) is 0 Å². The van der Waals surface area contributed by atoms with Crippen molar-refractivity contribution < 1.29 is 0 Å². The molecule has 0 atom stereocenters. The van der Waals surface area contributed by atoms with Crippen molar-refractivity contribution in [3.63, 3.8) is 0 Å². The lowest BCUT2D eigenvalue weighted by molar-refractivity contribution is 0.864. The van der Waals surface area contributed by atoms with E-state index in [0.29, 0.717) is 11.1 Å². The second-order valence-electron chi connectivity index (χ2n) is 5.49. The number of benzene rings is 1. The van der Waals surface area contributed by atoms with Crippen LogP contribution in [0.15, 0.2) is 30.6 Å². The Hall–Kier alpha value is -1.61. The quantitative estimate of drug-likeness (QED) is 0.778. The van der Waals surface area contributed by atoms with E-state index < -0.39 is 0 Å². The van der Waals surface area contributed by atoms with Crippen LogP contribution in [0.4, 0.5) is 5.82 Å². The first-order valence-electron chi connectivity index (χ1n) is 7.44. The zero-order chi connectivity index (χ0) is 15.2. The van der Waals surface area contributed by atoms with Crippen LogP contribution in [0.25, 0.3) is 0 Å². The van der Waals surface area contributed by atoms with Crippen LogP contribution in [0.2, 0.25) is 5.15 Å². The summed E-state index contributed by atoms with van der Waals surface area (Å²) in [5.41, 5.74) is 3.59. The van der Waals surface area contributed by atoms with Crippen molar-refractivity contribution in [2.24, 2.45) is 0 Å². The van der Waals surface area contributed by atoms with Crippen molar-refractivity contribution in [1.29, 1.82) is 0 Å². The molecule has 0 spiro atoms. The number of aromatic nitrogens is 2. The Morgan fingerprint density at radius 1 is 1.14 bits per heavy atom. The molecular weight excluding hydrogens is 282 g/mol. The van der Waals surface area contributed by atoms with Crippen molar-refractivity contribution in [2.45, 2.75) is 46.1 Å². The van der Waals surface area contributed by atoms with Gasteiger partial charge >= 0.3 is 0 Å². The third-order valence-electron chi connectivity index (χ3n) is 3.50. The van der Waals surface area contributed by atoms with Crippen LogP contribution < -0.4 is 5.32 Å². The Morgan fingerprint density at radius 2 is 1.86 bits per heavy atom. The Kier molecular flexibility index (Phi) is 5.57. The normalized spacial score (nSPS) is 10.9. The van der Waals surface area contributed by atoms with Crippen LogP contribution in [0.1, 0.15) is 49.8 Å². The van der Waals surface area contributed by atoms with Gasteiger partial charge in [-0.05, 0) is 23.5 Å². The lowest BCUT2D eigenvalue weighted by Gasteiger charge is -2.12. The van der Waals surface area contributed by atoms with E-state index >= 15 is 0 Å². The van der Waals surface area contributed by atoms with Crippen molar-refractivity contribution in [3.8, 4) is 0 Å². The molecule has 0 amide bonds. The number of nitrogens with zero attached hydrogens (tertiary/aromatic N) is 2. The molecule has 0 bridgehead atoms. The molecule has 0 saturated heterocycles. The van der Waals surface area contributed by atoms with E-state index in [9.17, 15) is 0 Å². The standard InChI is InChI=1S/C17H22ClN3/c1-4-5-15-16(18)20-11-21-17(15)19-10-13-6-8-14(9-7-13)12(2)3/h6-9,11-12H,4-5,10H2,1-3H3,(H,19,20,21). The molecule has 0 saturated carbocycles. The summed E-state index contributed by atoms with van der Waals surface area (Å²) in [7, 11) is 0. The van der Waals surface area contributed by atoms with E-state index in [4.69, 9.17) is 11.6 Å². The molecule has 0 aliphatic carbocycles. The lowest BCUT2D eigenvalue weighted by atomic mass is 10.0. The second kappa shape index (κ2) is 7.41. The highest BCUT2D eigenvalue weighted by molar-refractivity contribution is 6.30. The van der Waals surface area contributed by atoms with Gasteiger partial charge in [0.1, 0.15) is 17.3 Å². The largest absolute Gasteiger partial charge is 0.366 e. The molecule has 4 heteroatoms. The molecule has 0 radical (unpaired) electrons. The van der Waals surface area contributed by atoms with E-state index in [2.05, 4.69) is 60.3 Å². The van der Waals surface area contributed by atoms with Crippen LogP contribution in [0, 0.1) is 0 Å². The summed E-state index contributed by atoms with van der Waals surface area (Å²) in [5.74, 6) is 1.40. The summed E-state index contributed by atoms with van der Waals surface area (Å²) >= 11 is 6.15. The summed E-state index contributed by atoms with van der Waals surface area (Å²) in [6, 6.07) is 8.68. The average molecular weight is 304 g/mol. The monoisotopic (exact) mass is 303 g/mol. The molecule has 1 aromatic carbocycles. The van der Waals surface area contributed by atoms with Gasteiger partial charge in [-0.1, -0.05) is 63.1 Å². The number of halogens is 1. The minimum Gasteiger partial charge on any atom is -0.366 e. The summed E-state index contributed by atoms with van der Waals surface area (Å²) in [6.45, 7) is 7.26. The smallest absolute Gasteiger partial charge is 0.137 e. The highest BCUT2D eigenvalue weighted by Crippen LogP contribution is 2.22. The number of nitrogens with one attached hydrogen (secondary N) is 1. The highest BCUT2D eigenvalue weighted by Gasteiger charge is 2.08. The average Bonchev–Trinajstić information content (AvgIpc) is 2.48. The fourth-order valence-corrected chi connectivity index (χ4v) is 2.45. The number of hydrogen-bond donors (Lipinski definition) is 1. The van der Waals surface area contributed by atoms with Crippen molar-refractivity contribution in [3.05, 3.63) is 52.4 Å². The Morgan fingerprint density at radius 3 is 2.48 bits per heavy atom. The van der Waals surface area contributed by atoms with Crippen molar-refractivity contribution in [2.75, 3.05) is 5.32 Å². The molecule has 0 fully saturated rings. The third kappa shape index (κ3) is 4.18. The molecule has 112 valence electrons. The second-order valence-corrected chi connectivity index (χ2v) is 5.85. The first kappa shape index (κ1) is 15.8. The highest BCUT2D eigenvalue weighted by atomic mass is 35.5. The van der Waals surface area contributed by atoms with Crippen molar-refractivity contribution >= 4 is 17.4 Å². The maximum atomic E-state index is 6.15. The molecule has 2 rings (SSSR count). The van der Waals surface area contributed by atoms with E-state index in [-0.39, 0.29) is 0 Å². The van der Waals surface area contributed by atoms with E-state index in [1.54, 1.807) is 0 Å². The molecular formula is C17H22ClN3. The topological polar surface area (TPSA) is 37.8 Å². The first-order valence-corrected chi connectivity index (χ1v) is 7.81. The summed E-state index contributed by atoms with van der Waals surface area (Å²) in [6.07, 6.45) is 3.41. The van der Waals surface area contributed by atoms with Gasteiger partial charge in [0, 0.05) is 12.1 Å². The lowest BCUT2D eigenvalue weighted by Crippen LogP contribution is -2.06. The number of anilines is 1. The predicted molar refractivity (Wildman–Crippen MR) is 88.9 cm³/mol. The molecule has 0 aliphatic heterocycles. The van der Waals surface area contributed by atoms with Crippen LogP contribution in [-0.2, 0) is 13.0 Å². The van der Waals surface area contributed by atoms with Crippen molar-refractivity contribution in [1.82, 2.24) is 9.97 Å². The first-order chi connectivity index (χ1) is 10.1. The molecule has 3 nitrogen and oxygen atoms in total. The van der Waals surface area contributed by atoms with Gasteiger partial charge in [0.05, 0.1) is 0 Å².